The molecule has 6 nitrogen and oxygen atoms in total. The highest BCUT2D eigenvalue weighted by atomic mass is 19.1. The van der Waals surface area contributed by atoms with E-state index in [0.29, 0.717) is 18.0 Å². The highest BCUT2D eigenvalue weighted by Gasteiger charge is 2.45. The molecule has 5 rings (SSSR count). The van der Waals surface area contributed by atoms with Crippen LogP contribution >= 0.6 is 0 Å². The number of fused-ring (bicyclic) bond motifs is 2. The average molecular weight is 394 g/mol. The Morgan fingerprint density at radius 3 is 2.76 bits per heavy atom. The van der Waals surface area contributed by atoms with Gasteiger partial charge in [-0.05, 0) is 49.2 Å². The van der Waals surface area contributed by atoms with Crippen molar-refractivity contribution in [2.45, 2.75) is 18.4 Å². The van der Waals surface area contributed by atoms with Crippen molar-refractivity contribution in [2.75, 3.05) is 20.1 Å². The maximum Gasteiger partial charge on any atom is 0.239 e. The molecule has 0 saturated carbocycles. The van der Waals surface area contributed by atoms with Gasteiger partial charge in [-0.1, -0.05) is 6.07 Å². The predicted molar refractivity (Wildman–Crippen MR) is 107 cm³/mol. The first-order valence-electron chi connectivity index (χ1n) is 9.88. The van der Waals surface area contributed by atoms with Gasteiger partial charge >= 0.3 is 0 Å². The fourth-order valence-corrected chi connectivity index (χ4v) is 4.73. The number of nitrogens with zero attached hydrogens (tertiary/aromatic N) is 3. The highest BCUT2D eigenvalue weighted by molar-refractivity contribution is 5.86. The summed E-state index contributed by atoms with van der Waals surface area (Å²) in [4.78, 5) is 19.0. The van der Waals surface area contributed by atoms with Crippen molar-refractivity contribution in [3.05, 3.63) is 54.1 Å². The standard InChI is InChI=1S/C22H23FN4O2/c1-26-11-17(15-9-10-24-19(15)22(26)28)16-7-8-18-20(25-12-27(18)2)21(16)29-14-5-3-13(23)4-6-14/h3-8,12,15,17,19,24H,9-11H2,1-2H3. The molecule has 2 aromatic carbocycles. The molecule has 2 aliphatic rings. The SMILES string of the molecule is CN1CC(c2ccc3c(ncn3C)c2Oc2ccc(F)cc2)C2CCNC2C1=O. The molecule has 1 amide bonds. The zero-order chi connectivity index (χ0) is 20.1. The zero-order valence-electron chi connectivity index (χ0n) is 16.4. The molecule has 0 spiro atoms. The number of amides is 1. The van der Waals surface area contributed by atoms with Crippen LogP contribution in [0.2, 0.25) is 0 Å². The zero-order valence-corrected chi connectivity index (χ0v) is 16.4. The Balaban J connectivity index is 1.63. The lowest BCUT2D eigenvalue weighted by Crippen LogP contribution is -2.52. The molecule has 7 heteroatoms. The van der Waals surface area contributed by atoms with Gasteiger partial charge in [0.2, 0.25) is 5.91 Å². The van der Waals surface area contributed by atoms with Gasteiger partial charge in [-0.3, -0.25) is 4.79 Å². The summed E-state index contributed by atoms with van der Waals surface area (Å²) in [6.45, 7) is 1.48. The Bertz CT molecular complexity index is 1080. The Labute approximate surface area is 168 Å². The van der Waals surface area contributed by atoms with E-state index in [0.717, 1.165) is 29.6 Å². The number of likely N-dealkylation sites (tertiary alicyclic amines) is 1. The summed E-state index contributed by atoms with van der Waals surface area (Å²) in [6.07, 6.45) is 2.72. The van der Waals surface area contributed by atoms with Crippen LogP contribution in [0.3, 0.4) is 0 Å². The van der Waals surface area contributed by atoms with Crippen LogP contribution < -0.4 is 10.1 Å². The number of nitrogens with one attached hydrogen (secondary N) is 1. The topological polar surface area (TPSA) is 59.4 Å². The molecular weight excluding hydrogens is 371 g/mol. The molecule has 0 radical (unpaired) electrons. The number of benzene rings is 2. The molecule has 2 saturated heterocycles. The Morgan fingerprint density at radius 1 is 1.17 bits per heavy atom. The first kappa shape index (κ1) is 18.1. The minimum absolute atomic E-state index is 0.138. The lowest BCUT2D eigenvalue weighted by atomic mass is 9.77. The summed E-state index contributed by atoms with van der Waals surface area (Å²) in [6, 6.07) is 10.0. The quantitative estimate of drug-likeness (QED) is 0.742. The summed E-state index contributed by atoms with van der Waals surface area (Å²) >= 11 is 0. The number of rotatable bonds is 3. The second-order valence-electron chi connectivity index (χ2n) is 7.97. The minimum Gasteiger partial charge on any atom is -0.455 e. The largest absolute Gasteiger partial charge is 0.455 e. The molecule has 3 unspecified atom stereocenters. The molecule has 0 aliphatic carbocycles. The number of imidazole rings is 1. The first-order valence-corrected chi connectivity index (χ1v) is 9.88. The third kappa shape index (κ3) is 2.97. The van der Waals surface area contributed by atoms with Gasteiger partial charge in [-0.2, -0.15) is 0 Å². The van der Waals surface area contributed by atoms with Crippen molar-refractivity contribution in [2.24, 2.45) is 13.0 Å². The van der Waals surface area contributed by atoms with Gasteiger partial charge < -0.3 is 19.5 Å². The van der Waals surface area contributed by atoms with Crippen molar-refractivity contribution >= 4 is 16.9 Å². The number of aromatic nitrogens is 2. The second kappa shape index (κ2) is 6.84. The first-order chi connectivity index (χ1) is 14.0. The normalized spacial score (nSPS) is 24.2. The molecule has 3 heterocycles. The lowest BCUT2D eigenvalue weighted by molar-refractivity contribution is -0.136. The van der Waals surface area contributed by atoms with E-state index >= 15 is 0 Å². The van der Waals surface area contributed by atoms with Gasteiger partial charge in [0.05, 0.1) is 17.9 Å². The Kier molecular flexibility index (Phi) is 4.28. The second-order valence-corrected chi connectivity index (χ2v) is 7.97. The van der Waals surface area contributed by atoms with Crippen LogP contribution in [0.4, 0.5) is 4.39 Å². The van der Waals surface area contributed by atoms with Crippen molar-refractivity contribution in [1.29, 1.82) is 0 Å². The summed E-state index contributed by atoms with van der Waals surface area (Å²) in [5.74, 6) is 1.46. The Morgan fingerprint density at radius 2 is 1.97 bits per heavy atom. The third-order valence-corrected chi connectivity index (χ3v) is 6.21. The van der Waals surface area contributed by atoms with E-state index < -0.39 is 0 Å². The maximum absolute atomic E-state index is 13.4. The van der Waals surface area contributed by atoms with E-state index in [1.165, 1.54) is 12.1 Å². The van der Waals surface area contributed by atoms with Crippen LogP contribution in [0.1, 0.15) is 17.9 Å². The monoisotopic (exact) mass is 394 g/mol. The maximum atomic E-state index is 13.4. The number of hydrogen-bond donors (Lipinski definition) is 1. The van der Waals surface area contributed by atoms with E-state index in [1.807, 2.05) is 18.7 Å². The number of hydrogen-bond acceptors (Lipinski definition) is 4. The highest BCUT2D eigenvalue weighted by Crippen LogP contribution is 2.44. The van der Waals surface area contributed by atoms with Crippen molar-refractivity contribution < 1.29 is 13.9 Å². The summed E-state index contributed by atoms with van der Waals surface area (Å²) in [5.41, 5.74) is 2.78. The number of halogens is 1. The molecule has 3 aromatic rings. The van der Waals surface area contributed by atoms with E-state index in [4.69, 9.17) is 4.74 Å². The van der Waals surface area contributed by atoms with Gasteiger partial charge in [0.25, 0.3) is 0 Å². The molecule has 150 valence electrons. The molecule has 1 aromatic heterocycles. The molecule has 0 bridgehead atoms. The summed E-state index contributed by atoms with van der Waals surface area (Å²) in [7, 11) is 3.80. The number of aryl methyl sites for hydroxylation is 1. The van der Waals surface area contributed by atoms with E-state index in [9.17, 15) is 9.18 Å². The van der Waals surface area contributed by atoms with Crippen LogP contribution in [0.5, 0.6) is 11.5 Å². The molecule has 1 N–H and O–H groups in total. The number of piperidine rings is 1. The van der Waals surface area contributed by atoms with Crippen LogP contribution in [0.15, 0.2) is 42.7 Å². The number of carbonyl (C=O) groups is 1. The molecular formula is C22H23FN4O2. The molecule has 3 atom stereocenters. The van der Waals surface area contributed by atoms with Crippen LogP contribution in [0.25, 0.3) is 11.0 Å². The lowest BCUT2D eigenvalue weighted by Gasteiger charge is -2.39. The molecule has 29 heavy (non-hydrogen) atoms. The average Bonchev–Trinajstić information content (AvgIpc) is 3.35. The van der Waals surface area contributed by atoms with Gasteiger partial charge in [0.15, 0.2) is 5.75 Å². The number of ether oxygens (including phenoxy) is 1. The van der Waals surface area contributed by atoms with E-state index in [1.54, 1.807) is 23.4 Å². The summed E-state index contributed by atoms with van der Waals surface area (Å²) in [5, 5.41) is 3.36. The molecule has 2 aliphatic heterocycles. The van der Waals surface area contributed by atoms with Crippen LogP contribution in [0, 0.1) is 11.7 Å². The van der Waals surface area contributed by atoms with E-state index in [2.05, 4.69) is 22.4 Å². The third-order valence-electron chi connectivity index (χ3n) is 6.21. The number of carbonyl (C=O) groups excluding carboxylic acids is 1. The van der Waals surface area contributed by atoms with Crippen molar-refractivity contribution in [1.82, 2.24) is 19.8 Å². The smallest absolute Gasteiger partial charge is 0.239 e. The summed E-state index contributed by atoms with van der Waals surface area (Å²) < 4.78 is 21.6. The fraction of sp³-hybridized carbons (Fsp3) is 0.364. The molecule has 2 fully saturated rings. The van der Waals surface area contributed by atoms with Crippen molar-refractivity contribution in [3.8, 4) is 11.5 Å². The predicted octanol–water partition coefficient (Wildman–Crippen LogP) is 3.04. The van der Waals surface area contributed by atoms with Gasteiger partial charge in [-0.25, -0.2) is 9.37 Å². The van der Waals surface area contributed by atoms with Crippen LogP contribution in [-0.2, 0) is 11.8 Å². The fourth-order valence-electron chi connectivity index (χ4n) is 4.73. The van der Waals surface area contributed by atoms with Crippen LogP contribution in [-0.4, -0.2) is 46.5 Å². The Hall–Kier alpha value is -2.93. The van der Waals surface area contributed by atoms with Crippen molar-refractivity contribution in [3.63, 3.8) is 0 Å². The van der Waals surface area contributed by atoms with E-state index in [-0.39, 0.29) is 29.6 Å². The number of likely N-dealkylation sites (N-methyl/N-ethyl adjacent to an activating group) is 1. The minimum atomic E-state index is -0.305. The van der Waals surface area contributed by atoms with Gasteiger partial charge in [0, 0.05) is 32.1 Å². The van der Waals surface area contributed by atoms with Gasteiger partial charge in [-0.15, -0.1) is 0 Å². The van der Waals surface area contributed by atoms with Gasteiger partial charge in [0.1, 0.15) is 17.1 Å².